The van der Waals surface area contributed by atoms with Crippen LogP contribution >= 0.6 is 0 Å². The molecule has 2 atom stereocenters. The van der Waals surface area contributed by atoms with Gasteiger partial charge in [0.1, 0.15) is 11.5 Å². The third-order valence-electron chi connectivity index (χ3n) is 7.06. The van der Waals surface area contributed by atoms with Gasteiger partial charge >= 0.3 is 11.9 Å². The summed E-state index contributed by atoms with van der Waals surface area (Å²) < 4.78 is 11.6. The number of benzene rings is 2. The van der Waals surface area contributed by atoms with Crippen molar-refractivity contribution < 1.29 is 19.1 Å². The molecular formula is C27H30O4. The van der Waals surface area contributed by atoms with Gasteiger partial charge in [0, 0.05) is 0 Å². The van der Waals surface area contributed by atoms with Crippen molar-refractivity contribution in [3.63, 3.8) is 0 Å². The molecule has 4 heteroatoms. The van der Waals surface area contributed by atoms with E-state index in [1.165, 1.54) is 0 Å². The average molecular weight is 419 g/mol. The van der Waals surface area contributed by atoms with Crippen LogP contribution in [-0.2, 0) is 9.59 Å². The Morgan fingerprint density at radius 2 is 1.13 bits per heavy atom. The second-order valence-electron chi connectivity index (χ2n) is 9.65. The van der Waals surface area contributed by atoms with E-state index in [0.717, 1.165) is 35.1 Å². The van der Waals surface area contributed by atoms with Gasteiger partial charge in [-0.3, -0.25) is 0 Å². The summed E-state index contributed by atoms with van der Waals surface area (Å²) in [6.07, 6.45) is 1.77. The molecule has 0 saturated heterocycles. The Bertz CT molecular complexity index is 1020. The van der Waals surface area contributed by atoms with Gasteiger partial charge in [-0.25, -0.2) is 9.59 Å². The van der Waals surface area contributed by atoms with Crippen molar-refractivity contribution in [2.45, 2.75) is 54.4 Å². The summed E-state index contributed by atoms with van der Waals surface area (Å²) in [4.78, 5) is 26.7. The van der Waals surface area contributed by atoms with Crippen molar-refractivity contribution in [2.24, 2.45) is 17.3 Å². The van der Waals surface area contributed by atoms with Crippen LogP contribution in [0.2, 0.25) is 0 Å². The maximum absolute atomic E-state index is 13.4. The van der Waals surface area contributed by atoms with E-state index >= 15 is 0 Å². The quantitative estimate of drug-likeness (QED) is 0.466. The van der Waals surface area contributed by atoms with Crippen LogP contribution in [0, 0.1) is 44.9 Å². The summed E-state index contributed by atoms with van der Waals surface area (Å²) in [5, 5.41) is 0. The predicted molar refractivity (Wildman–Crippen MR) is 120 cm³/mol. The summed E-state index contributed by atoms with van der Waals surface area (Å²) >= 11 is 0. The van der Waals surface area contributed by atoms with Gasteiger partial charge in [-0.05, 0) is 92.2 Å². The van der Waals surface area contributed by atoms with Gasteiger partial charge in [0.05, 0.1) is 11.1 Å². The molecule has 0 heterocycles. The number of rotatable bonds is 4. The fourth-order valence-electron chi connectivity index (χ4n) is 5.18. The molecule has 1 fully saturated rings. The second-order valence-corrected chi connectivity index (χ2v) is 9.65. The highest BCUT2D eigenvalue weighted by atomic mass is 16.5. The number of carbonyl (C=O) groups is 2. The van der Waals surface area contributed by atoms with Gasteiger partial charge in [-0.1, -0.05) is 38.1 Å². The molecule has 0 radical (unpaired) electrons. The van der Waals surface area contributed by atoms with Crippen molar-refractivity contribution in [2.75, 3.05) is 0 Å². The van der Waals surface area contributed by atoms with Crippen molar-refractivity contribution in [3.8, 4) is 11.5 Å². The number of fused-ring (bicyclic) bond motifs is 2. The van der Waals surface area contributed by atoms with E-state index < -0.39 is 11.9 Å². The minimum atomic E-state index is -0.429. The zero-order valence-electron chi connectivity index (χ0n) is 19.2. The number of aryl methyl sites for hydroxylation is 4. The smallest absolute Gasteiger partial charge is 0.340 e. The first-order chi connectivity index (χ1) is 14.6. The fourth-order valence-corrected chi connectivity index (χ4v) is 5.18. The van der Waals surface area contributed by atoms with E-state index in [2.05, 4.69) is 13.8 Å². The monoisotopic (exact) mass is 418 g/mol. The summed E-state index contributed by atoms with van der Waals surface area (Å²) in [5.41, 5.74) is 4.64. The number of esters is 2. The summed E-state index contributed by atoms with van der Waals surface area (Å²) in [6.45, 7) is 12.0. The molecule has 0 amide bonds. The highest BCUT2D eigenvalue weighted by molar-refractivity contribution is 6.04. The molecule has 2 bridgehead atoms. The molecule has 162 valence electrons. The molecule has 1 saturated carbocycles. The maximum atomic E-state index is 13.4. The Labute approximate surface area is 184 Å². The largest absolute Gasteiger partial charge is 0.423 e. The number of hydrogen-bond donors (Lipinski definition) is 0. The number of carbonyl (C=O) groups excluding carboxylic acids is 2. The standard InChI is InChI=1S/C27H30O4/c1-15-7-9-17(3)21(13-15)30-25(28)23-19-11-12-20(27(19,5)6)24(23)26(29)31-22-14-16(2)8-10-18(22)4/h7-10,13-14,19-20H,11-12H2,1-6H3. The van der Waals surface area contributed by atoms with Crippen LogP contribution in [0.25, 0.3) is 0 Å². The highest BCUT2D eigenvalue weighted by Gasteiger charge is 2.57. The Balaban J connectivity index is 1.71. The SMILES string of the molecule is Cc1ccc(C)c(OC(=O)C2=C(C(=O)Oc3cc(C)ccc3C)C3CCC2C3(C)C)c1. The lowest BCUT2D eigenvalue weighted by Crippen LogP contribution is -2.24. The third kappa shape index (κ3) is 3.69. The lowest BCUT2D eigenvalue weighted by atomic mass is 9.79. The first-order valence-electron chi connectivity index (χ1n) is 10.9. The van der Waals surface area contributed by atoms with Crippen LogP contribution in [-0.4, -0.2) is 11.9 Å². The molecule has 2 aromatic carbocycles. The van der Waals surface area contributed by atoms with Crippen molar-refractivity contribution in [3.05, 3.63) is 69.8 Å². The first-order valence-corrected chi connectivity index (χ1v) is 10.9. The fraction of sp³-hybridized carbons (Fsp3) is 0.407. The maximum Gasteiger partial charge on any atom is 0.340 e. The molecule has 2 aliphatic carbocycles. The Morgan fingerprint density at radius 1 is 0.742 bits per heavy atom. The minimum Gasteiger partial charge on any atom is -0.423 e. The zero-order valence-corrected chi connectivity index (χ0v) is 19.2. The molecule has 0 aromatic heterocycles. The van der Waals surface area contributed by atoms with Gasteiger partial charge in [0.15, 0.2) is 0 Å². The molecular weight excluding hydrogens is 388 g/mol. The topological polar surface area (TPSA) is 52.6 Å². The molecule has 4 nitrogen and oxygen atoms in total. The molecule has 2 aromatic rings. The van der Waals surface area contributed by atoms with Gasteiger partial charge in [-0.15, -0.1) is 0 Å². The van der Waals surface area contributed by atoms with E-state index in [-0.39, 0.29) is 17.3 Å². The van der Waals surface area contributed by atoms with Gasteiger partial charge in [0.2, 0.25) is 0 Å². The van der Waals surface area contributed by atoms with E-state index in [1.807, 2.05) is 64.1 Å². The molecule has 0 spiro atoms. The van der Waals surface area contributed by atoms with Gasteiger partial charge in [-0.2, -0.15) is 0 Å². The molecule has 31 heavy (non-hydrogen) atoms. The van der Waals surface area contributed by atoms with Crippen LogP contribution in [0.3, 0.4) is 0 Å². The van der Waals surface area contributed by atoms with Crippen LogP contribution in [0.15, 0.2) is 47.5 Å². The normalized spacial score (nSPS) is 21.4. The van der Waals surface area contributed by atoms with Crippen LogP contribution < -0.4 is 9.47 Å². The predicted octanol–water partition coefficient (Wildman–Crippen LogP) is 5.79. The van der Waals surface area contributed by atoms with Crippen molar-refractivity contribution in [1.82, 2.24) is 0 Å². The third-order valence-corrected chi connectivity index (χ3v) is 7.06. The zero-order chi connectivity index (χ0) is 22.5. The lowest BCUT2D eigenvalue weighted by Gasteiger charge is -2.25. The van der Waals surface area contributed by atoms with Gasteiger partial charge < -0.3 is 9.47 Å². The summed E-state index contributed by atoms with van der Waals surface area (Å²) in [6, 6.07) is 11.6. The van der Waals surface area contributed by atoms with Crippen LogP contribution in [0.1, 0.15) is 48.9 Å². The second kappa shape index (κ2) is 7.67. The highest BCUT2D eigenvalue weighted by Crippen LogP contribution is 2.60. The van der Waals surface area contributed by atoms with E-state index in [0.29, 0.717) is 22.6 Å². The van der Waals surface area contributed by atoms with Crippen LogP contribution in [0.5, 0.6) is 11.5 Å². The Hall–Kier alpha value is -2.88. The lowest BCUT2D eigenvalue weighted by molar-refractivity contribution is -0.133. The average Bonchev–Trinajstić information content (AvgIpc) is 3.12. The molecule has 4 rings (SSSR count). The molecule has 2 unspecified atom stereocenters. The number of hydrogen-bond acceptors (Lipinski definition) is 4. The van der Waals surface area contributed by atoms with Crippen molar-refractivity contribution >= 4 is 11.9 Å². The van der Waals surface area contributed by atoms with Gasteiger partial charge in [0.25, 0.3) is 0 Å². The van der Waals surface area contributed by atoms with E-state index in [4.69, 9.17) is 9.47 Å². The Kier molecular flexibility index (Phi) is 5.28. The Morgan fingerprint density at radius 3 is 1.52 bits per heavy atom. The summed E-state index contributed by atoms with van der Waals surface area (Å²) in [5.74, 6) is 0.219. The summed E-state index contributed by atoms with van der Waals surface area (Å²) in [7, 11) is 0. The van der Waals surface area contributed by atoms with E-state index in [9.17, 15) is 9.59 Å². The number of ether oxygens (including phenoxy) is 2. The van der Waals surface area contributed by atoms with E-state index in [1.54, 1.807) is 0 Å². The van der Waals surface area contributed by atoms with Crippen LogP contribution in [0.4, 0.5) is 0 Å². The molecule has 0 N–H and O–H groups in total. The molecule has 2 aliphatic rings. The minimum absolute atomic E-state index is 0.00345. The van der Waals surface area contributed by atoms with Crippen molar-refractivity contribution in [1.29, 1.82) is 0 Å². The molecule has 0 aliphatic heterocycles. The first kappa shape index (κ1) is 21.4.